The molecule has 2 saturated heterocycles. The number of aromatic nitrogens is 1. The van der Waals surface area contributed by atoms with Crippen molar-refractivity contribution in [2.24, 2.45) is 5.92 Å². The molecule has 1 amide bonds. The van der Waals surface area contributed by atoms with Gasteiger partial charge in [-0.05, 0) is 43.2 Å². The molecule has 0 N–H and O–H groups in total. The van der Waals surface area contributed by atoms with E-state index in [0.717, 1.165) is 64.0 Å². The average molecular weight is 413 g/mol. The van der Waals surface area contributed by atoms with Crippen molar-refractivity contribution in [2.45, 2.75) is 51.0 Å². The first-order valence-electron chi connectivity index (χ1n) is 11.4. The summed E-state index contributed by atoms with van der Waals surface area (Å²) in [6, 6.07) is 5.02. The second-order valence-electron chi connectivity index (χ2n) is 8.91. The van der Waals surface area contributed by atoms with Gasteiger partial charge < -0.3 is 9.80 Å². The Morgan fingerprint density at radius 3 is 2.62 bits per heavy atom. The molecule has 2 aromatic heterocycles. The molecule has 5 nitrogen and oxygen atoms in total. The van der Waals surface area contributed by atoms with Crippen molar-refractivity contribution < 1.29 is 4.79 Å². The number of hydrogen-bond acceptors (Lipinski definition) is 5. The highest BCUT2D eigenvalue weighted by molar-refractivity contribution is 7.17. The fourth-order valence-electron chi connectivity index (χ4n) is 5.51. The smallest absolute Gasteiger partial charge is 0.227 e. The molecule has 0 radical (unpaired) electrons. The van der Waals surface area contributed by atoms with E-state index in [9.17, 15) is 4.79 Å². The number of hydrogen-bond donors (Lipinski definition) is 0. The summed E-state index contributed by atoms with van der Waals surface area (Å²) < 4.78 is 1.28. The zero-order valence-electron chi connectivity index (χ0n) is 17.3. The van der Waals surface area contributed by atoms with Gasteiger partial charge in [0.05, 0.1) is 5.92 Å². The minimum Gasteiger partial charge on any atom is -0.355 e. The van der Waals surface area contributed by atoms with Gasteiger partial charge in [0, 0.05) is 61.6 Å². The van der Waals surface area contributed by atoms with Gasteiger partial charge in [-0.25, -0.2) is 4.98 Å². The number of amides is 1. The number of piperazine rings is 1. The second kappa shape index (κ2) is 8.60. The molecule has 4 heterocycles. The Morgan fingerprint density at radius 2 is 1.79 bits per heavy atom. The molecule has 1 unspecified atom stereocenters. The van der Waals surface area contributed by atoms with E-state index >= 15 is 0 Å². The van der Waals surface area contributed by atoms with Crippen LogP contribution >= 0.6 is 11.3 Å². The van der Waals surface area contributed by atoms with Crippen LogP contribution in [0.1, 0.15) is 44.9 Å². The molecule has 156 valence electrons. The SMILES string of the molecule is O=C(C1CCCN(c2nccc3sccc23)C1)N1CCN(C2CCCCC2)CC1. The van der Waals surface area contributed by atoms with Gasteiger partial charge >= 0.3 is 0 Å². The molecule has 2 aliphatic heterocycles. The monoisotopic (exact) mass is 412 g/mol. The Bertz CT molecular complexity index is 838. The Morgan fingerprint density at radius 1 is 0.966 bits per heavy atom. The molecular formula is C23H32N4OS. The fraction of sp³-hybridized carbons (Fsp3) is 0.652. The first-order chi connectivity index (χ1) is 14.3. The molecule has 29 heavy (non-hydrogen) atoms. The number of anilines is 1. The Kier molecular flexibility index (Phi) is 5.73. The summed E-state index contributed by atoms with van der Waals surface area (Å²) >= 11 is 1.76. The summed E-state index contributed by atoms with van der Waals surface area (Å²) in [6.45, 7) is 5.74. The Hall–Kier alpha value is -1.66. The number of carbonyl (C=O) groups excluding carboxylic acids is 1. The molecule has 3 aliphatic rings. The second-order valence-corrected chi connectivity index (χ2v) is 9.85. The lowest BCUT2D eigenvalue weighted by Crippen LogP contribution is -2.54. The van der Waals surface area contributed by atoms with Crippen LogP contribution in [-0.4, -0.2) is 66.0 Å². The predicted molar refractivity (Wildman–Crippen MR) is 120 cm³/mol. The normalized spacial score (nSPS) is 24.9. The lowest BCUT2D eigenvalue weighted by Gasteiger charge is -2.42. The van der Waals surface area contributed by atoms with Crippen molar-refractivity contribution in [3.63, 3.8) is 0 Å². The first kappa shape index (κ1) is 19.3. The van der Waals surface area contributed by atoms with Crippen molar-refractivity contribution in [3.8, 4) is 0 Å². The topological polar surface area (TPSA) is 39.7 Å². The van der Waals surface area contributed by atoms with E-state index in [1.807, 2.05) is 6.20 Å². The van der Waals surface area contributed by atoms with Crippen molar-refractivity contribution >= 4 is 33.1 Å². The zero-order valence-corrected chi connectivity index (χ0v) is 18.1. The summed E-state index contributed by atoms with van der Waals surface area (Å²) in [5, 5.41) is 3.36. The van der Waals surface area contributed by atoms with Crippen molar-refractivity contribution in [2.75, 3.05) is 44.2 Å². The third kappa shape index (κ3) is 4.02. The van der Waals surface area contributed by atoms with Gasteiger partial charge in [0.25, 0.3) is 0 Å². The third-order valence-corrected chi connectivity index (χ3v) is 8.03. The Balaban J connectivity index is 1.21. The van der Waals surface area contributed by atoms with Crippen LogP contribution in [0.2, 0.25) is 0 Å². The highest BCUT2D eigenvalue weighted by Gasteiger charge is 2.33. The predicted octanol–water partition coefficient (Wildman–Crippen LogP) is 3.99. The minimum atomic E-state index is 0.112. The van der Waals surface area contributed by atoms with Crippen LogP contribution in [0.3, 0.4) is 0 Å². The van der Waals surface area contributed by atoms with Crippen LogP contribution in [-0.2, 0) is 4.79 Å². The van der Waals surface area contributed by atoms with E-state index in [4.69, 9.17) is 0 Å². The third-order valence-electron chi connectivity index (χ3n) is 7.15. The fourth-order valence-corrected chi connectivity index (χ4v) is 6.29. The summed E-state index contributed by atoms with van der Waals surface area (Å²) in [5.41, 5.74) is 0. The van der Waals surface area contributed by atoms with E-state index in [1.165, 1.54) is 42.2 Å². The van der Waals surface area contributed by atoms with Gasteiger partial charge in [0.15, 0.2) is 0 Å². The summed E-state index contributed by atoms with van der Waals surface area (Å²) in [4.78, 5) is 25.1. The molecule has 1 saturated carbocycles. The number of fused-ring (bicyclic) bond motifs is 1. The van der Waals surface area contributed by atoms with E-state index < -0.39 is 0 Å². The van der Waals surface area contributed by atoms with Gasteiger partial charge in [-0.1, -0.05) is 19.3 Å². The highest BCUT2D eigenvalue weighted by atomic mass is 32.1. The number of carbonyl (C=O) groups is 1. The van der Waals surface area contributed by atoms with E-state index in [2.05, 4.69) is 37.2 Å². The molecule has 3 fully saturated rings. The number of rotatable bonds is 3. The molecule has 0 bridgehead atoms. The number of thiophene rings is 1. The summed E-state index contributed by atoms with van der Waals surface area (Å²) in [6.07, 6.45) is 10.9. The molecule has 0 aromatic carbocycles. The van der Waals surface area contributed by atoms with Gasteiger partial charge in [-0.15, -0.1) is 11.3 Å². The van der Waals surface area contributed by atoms with Crippen molar-refractivity contribution in [1.82, 2.24) is 14.8 Å². The van der Waals surface area contributed by atoms with Crippen LogP contribution in [0.4, 0.5) is 5.82 Å². The lowest BCUT2D eigenvalue weighted by molar-refractivity contribution is -0.138. The highest BCUT2D eigenvalue weighted by Crippen LogP contribution is 2.32. The quantitative estimate of drug-likeness (QED) is 0.764. The van der Waals surface area contributed by atoms with Crippen LogP contribution in [0.5, 0.6) is 0 Å². The molecular weight excluding hydrogens is 380 g/mol. The van der Waals surface area contributed by atoms with Crippen LogP contribution in [0, 0.1) is 5.92 Å². The summed E-state index contributed by atoms with van der Waals surface area (Å²) in [7, 11) is 0. The minimum absolute atomic E-state index is 0.112. The lowest BCUT2D eigenvalue weighted by atomic mass is 9.93. The van der Waals surface area contributed by atoms with Crippen LogP contribution in [0.15, 0.2) is 23.7 Å². The summed E-state index contributed by atoms with van der Waals surface area (Å²) in [5.74, 6) is 1.54. The van der Waals surface area contributed by atoms with Gasteiger partial charge in [-0.3, -0.25) is 9.69 Å². The zero-order chi connectivity index (χ0) is 19.6. The largest absolute Gasteiger partial charge is 0.355 e. The van der Waals surface area contributed by atoms with Crippen molar-refractivity contribution in [3.05, 3.63) is 23.7 Å². The molecule has 5 rings (SSSR count). The molecule has 6 heteroatoms. The van der Waals surface area contributed by atoms with E-state index in [1.54, 1.807) is 11.3 Å². The van der Waals surface area contributed by atoms with Gasteiger partial charge in [0.1, 0.15) is 5.82 Å². The van der Waals surface area contributed by atoms with E-state index in [0.29, 0.717) is 5.91 Å². The number of piperidine rings is 1. The molecule has 1 aliphatic carbocycles. The molecule has 1 atom stereocenters. The maximum absolute atomic E-state index is 13.3. The molecule has 0 spiro atoms. The average Bonchev–Trinajstić information content (AvgIpc) is 3.28. The van der Waals surface area contributed by atoms with Crippen molar-refractivity contribution in [1.29, 1.82) is 0 Å². The van der Waals surface area contributed by atoms with Gasteiger partial charge in [-0.2, -0.15) is 0 Å². The van der Waals surface area contributed by atoms with Gasteiger partial charge in [0.2, 0.25) is 5.91 Å². The molecule has 2 aromatic rings. The van der Waals surface area contributed by atoms with Crippen LogP contribution < -0.4 is 4.90 Å². The number of pyridine rings is 1. The maximum atomic E-state index is 13.3. The first-order valence-corrected chi connectivity index (χ1v) is 12.3. The van der Waals surface area contributed by atoms with E-state index in [-0.39, 0.29) is 5.92 Å². The standard InChI is InChI=1S/C23H32N4OS/c28-23(26-14-12-25(13-15-26)19-6-2-1-3-7-19)18-5-4-11-27(17-18)22-20-9-16-29-21(20)8-10-24-22/h8-10,16,18-19H,1-7,11-15,17H2. The Labute approximate surface area is 177 Å². The maximum Gasteiger partial charge on any atom is 0.227 e. The van der Waals surface area contributed by atoms with Crippen LogP contribution in [0.25, 0.3) is 10.1 Å². The number of nitrogens with zero attached hydrogens (tertiary/aromatic N) is 4.